The van der Waals surface area contributed by atoms with Crippen molar-refractivity contribution in [2.45, 2.75) is 0 Å². The summed E-state index contributed by atoms with van der Waals surface area (Å²) in [6.07, 6.45) is 3.66. The van der Waals surface area contributed by atoms with Crippen LogP contribution in [0, 0.1) is 21.4 Å². The summed E-state index contributed by atoms with van der Waals surface area (Å²) in [5, 5.41) is 20.8. The zero-order valence-corrected chi connectivity index (χ0v) is 11.5. The first-order valence-electron chi connectivity index (χ1n) is 5.97. The van der Waals surface area contributed by atoms with Gasteiger partial charge in [-0.2, -0.15) is 5.26 Å². The summed E-state index contributed by atoms with van der Waals surface area (Å²) in [6.45, 7) is 0. The lowest BCUT2D eigenvalue weighted by Gasteiger charge is -2.04. The van der Waals surface area contributed by atoms with Crippen molar-refractivity contribution in [3.63, 3.8) is 0 Å². The molecule has 0 N–H and O–H groups in total. The molecule has 6 heteroatoms. The normalized spacial score (nSPS) is 10.9. The van der Waals surface area contributed by atoms with E-state index in [4.69, 9.17) is 0 Å². The highest BCUT2D eigenvalue weighted by Gasteiger charge is 2.16. The summed E-state index contributed by atoms with van der Waals surface area (Å²) < 4.78 is 1.86. The van der Waals surface area contributed by atoms with Crippen LogP contribution in [0.5, 0.6) is 0 Å². The molecule has 1 heterocycles. The standard InChI is InChI=1S/C14H14N4O2/c1-16(2)7-6-14-12(9-15)11-8-10(18(19)20)4-5-13(11)17(14)3/h4-8H,1-3H3/b7-6-. The number of non-ortho nitro benzene ring substituents is 1. The molecular formula is C14H14N4O2. The van der Waals surface area contributed by atoms with Crippen LogP contribution in [0.2, 0.25) is 0 Å². The summed E-state index contributed by atoms with van der Waals surface area (Å²) in [4.78, 5) is 12.3. The Morgan fingerprint density at radius 2 is 2.15 bits per heavy atom. The Hall–Kier alpha value is -2.81. The first-order chi connectivity index (χ1) is 9.45. The number of benzene rings is 1. The molecule has 0 atom stereocenters. The lowest BCUT2D eigenvalue weighted by molar-refractivity contribution is -0.384. The minimum Gasteiger partial charge on any atom is -0.383 e. The van der Waals surface area contributed by atoms with E-state index in [1.807, 2.05) is 42.9 Å². The monoisotopic (exact) mass is 270 g/mol. The molecule has 0 aliphatic carbocycles. The van der Waals surface area contributed by atoms with Crippen LogP contribution < -0.4 is 0 Å². The van der Waals surface area contributed by atoms with Gasteiger partial charge in [0.1, 0.15) is 6.07 Å². The highest BCUT2D eigenvalue weighted by Crippen LogP contribution is 2.29. The van der Waals surface area contributed by atoms with E-state index >= 15 is 0 Å². The van der Waals surface area contributed by atoms with Gasteiger partial charge in [0.05, 0.1) is 21.7 Å². The SMILES string of the molecule is CN(C)/C=C\c1c(C#N)c2cc([N+](=O)[O-])ccc2n1C. The number of nitro groups is 1. The lowest BCUT2D eigenvalue weighted by Crippen LogP contribution is -2.01. The molecule has 2 rings (SSSR count). The Morgan fingerprint density at radius 3 is 2.70 bits per heavy atom. The number of nitriles is 1. The van der Waals surface area contributed by atoms with E-state index < -0.39 is 4.92 Å². The summed E-state index contributed by atoms with van der Waals surface area (Å²) >= 11 is 0. The molecule has 1 aromatic carbocycles. The Balaban J connectivity index is 2.74. The highest BCUT2D eigenvalue weighted by molar-refractivity contribution is 5.92. The Labute approximate surface area is 116 Å². The molecule has 0 fully saturated rings. The summed E-state index contributed by atoms with van der Waals surface area (Å²) in [7, 11) is 5.61. The van der Waals surface area contributed by atoms with Gasteiger partial charge in [-0.3, -0.25) is 10.1 Å². The number of nitrogens with zero attached hydrogens (tertiary/aromatic N) is 4. The molecule has 0 amide bonds. The quantitative estimate of drug-likeness (QED) is 0.634. The second kappa shape index (κ2) is 5.05. The minimum absolute atomic E-state index is 0.0114. The average molecular weight is 270 g/mol. The molecule has 6 nitrogen and oxygen atoms in total. The van der Waals surface area contributed by atoms with Gasteiger partial charge in [0.15, 0.2) is 0 Å². The van der Waals surface area contributed by atoms with Crippen LogP contribution in [0.1, 0.15) is 11.3 Å². The van der Waals surface area contributed by atoms with Crippen molar-refractivity contribution in [1.29, 1.82) is 5.26 Å². The van der Waals surface area contributed by atoms with Gasteiger partial charge in [0.2, 0.25) is 0 Å². The summed E-state index contributed by atoms with van der Waals surface area (Å²) in [5.74, 6) is 0. The summed E-state index contributed by atoms with van der Waals surface area (Å²) in [6, 6.07) is 6.70. The number of hydrogen-bond acceptors (Lipinski definition) is 4. The van der Waals surface area contributed by atoms with Gasteiger partial charge in [0.25, 0.3) is 5.69 Å². The number of aromatic nitrogens is 1. The van der Waals surface area contributed by atoms with E-state index in [1.54, 1.807) is 6.07 Å². The third-order valence-corrected chi connectivity index (χ3v) is 3.08. The van der Waals surface area contributed by atoms with E-state index in [0.717, 1.165) is 11.2 Å². The van der Waals surface area contributed by atoms with E-state index in [-0.39, 0.29) is 5.69 Å². The molecule has 0 spiro atoms. The van der Waals surface area contributed by atoms with Crippen LogP contribution in [-0.4, -0.2) is 28.5 Å². The minimum atomic E-state index is -0.455. The number of rotatable bonds is 3. The molecule has 102 valence electrons. The third kappa shape index (κ3) is 2.21. The molecule has 0 bridgehead atoms. The van der Waals surface area contributed by atoms with E-state index in [0.29, 0.717) is 10.9 Å². The maximum atomic E-state index is 10.8. The summed E-state index contributed by atoms with van der Waals surface area (Å²) in [5.41, 5.74) is 1.97. The van der Waals surface area contributed by atoms with Crippen LogP contribution in [0.25, 0.3) is 17.0 Å². The van der Waals surface area contributed by atoms with E-state index in [2.05, 4.69) is 6.07 Å². The number of hydrogen-bond donors (Lipinski definition) is 0. The van der Waals surface area contributed by atoms with Crippen molar-refractivity contribution in [3.05, 3.63) is 45.8 Å². The fourth-order valence-corrected chi connectivity index (χ4v) is 2.10. The van der Waals surface area contributed by atoms with Crippen LogP contribution in [-0.2, 0) is 7.05 Å². The number of aryl methyl sites for hydroxylation is 1. The van der Waals surface area contributed by atoms with Crippen LogP contribution >= 0.6 is 0 Å². The molecule has 0 aliphatic heterocycles. The van der Waals surface area contributed by atoms with E-state index in [9.17, 15) is 15.4 Å². The molecule has 0 radical (unpaired) electrons. The van der Waals surface area contributed by atoms with Gasteiger partial charge in [-0.1, -0.05) is 0 Å². The smallest absolute Gasteiger partial charge is 0.270 e. The largest absolute Gasteiger partial charge is 0.383 e. The third-order valence-electron chi connectivity index (χ3n) is 3.08. The molecule has 1 aromatic heterocycles. The van der Waals surface area contributed by atoms with Crippen molar-refractivity contribution < 1.29 is 4.92 Å². The number of fused-ring (bicyclic) bond motifs is 1. The molecule has 20 heavy (non-hydrogen) atoms. The first-order valence-corrected chi connectivity index (χ1v) is 5.97. The van der Waals surface area contributed by atoms with Crippen LogP contribution in [0.3, 0.4) is 0 Å². The zero-order valence-electron chi connectivity index (χ0n) is 11.5. The number of nitro benzene ring substituents is 1. The highest BCUT2D eigenvalue weighted by atomic mass is 16.6. The average Bonchev–Trinajstić information content (AvgIpc) is 2.68. The predicted octanol–water partition coefficient (Wildman–Crippen LogP) is 2.49. The Bertz CT molecular complexity index is 751. The molecule has 0 saturated carbocycles. The molecule has 0 unspecified atom stereocenters. The van der Waals surface area contributed by atoms with Crippen LogP contribution in [0.15, 0.2) is 24.4 Å². The topological polar surface area (TPSA) is 75.1 Å². The maximum absolute atomic E-state index is 10.8. The molecular weight excluding hydrogens is 256 g/mol. The zero-order chi connectivity index (χ0) is 14.9. The molecule has 0 aliphatic rings. The van der Waals surface area contributed by atoms with Crippen molar-refractivity contribution in [1.82, 2.24) is 9.47 Å². The van der Waals surface area contributed by atoms with Gasteiger partial charge in [-0.15, -0.1) is 0 Å². The predicted molar refractivity (Wildman–Crippen MR) is 77.0 cm³/mol. The fraction of sp³-hybridized carbons (Fsp3) is 0.214. The molecule has 2 aromatic rings. The first kappa shape index (κ1) is 13.6. The van der Waals surface area contributed by atoms with Crippen molar-refractivity contribution in [2.24, 2.45) is 7.05 Å². The fourth-order valence-electron chi connectivity index (χ4n) is 2.10. The van der Waals surface area contributed by atoms with Gasteiger partial charge >= 0.3 is 0 Å². The van der Waals surface area contributed by atoms with Gasteiger partial charge in [-0.25, -0.2) is 0 Å². The van der Waals surface area contributed by atoms with Gasteiger partial charge < -0.3 is 9.47 Å². The van der Waals surface area contributed by atoms with Crippen LogP contribution in [0.4, 0.5) is 5.69 Å². The second-order valence-electron chi connectivity index (χ2n) is 4.67. The van der Waals surface area contributed by atoms with Gasteiger partial charge in [0, 0.05) is 44.9 Å². The van der Waals surface area contributed by atoms with Gasteiger partial charge in [-0.05, 0) is 12.1 Å². The maximum Gasteiger partial charge on any atom is 0.270 e. The Kier molecular flexibility index (Phi) is 3.44. The lowest BCUT2D eigenvalue weighted by atomic mass is 10.1. The second-order valence-corrected chi connectivity index (χ2v) is 4.67. The van der Waals surface area contributed by atoms with Crippen molar-refractivity contribution >= 4 is 22.7 Å². The Morgan fingerprint density at radius 1 is 1.45 bits per heavy atom. The van der Waals surface area contributed by atoms with Crippen molar-refractivity contribution in [3.8, 4) is 6.07 Å². The van der Waals surface area contributed by atoms with Crippen molar-refractivity contribution in [2.75, 3.05) is 14.1 Å². The van der Waals surface area contributed by atoms with E-state index in [1.165, 1.54) is 12.1 Å². The molecule has 0 saturated heterocycles.